The van der Waals surface area contributed by atoms with Crippen LogP contribution in [0.5, 0.6) is 23.0 Å². The quantitative estimate of drug-likeness (QED) is 0.220. The molecule has 194 valence electrons. The minimum Gasteiger partial charge on any atom is -0.488 e. The van der Waals surface area contributed by atoms with E-state index in [2.05, 4.69) is 10.3 Å². The van der Waals surface area contributed by atoms with Crippen molar-refractivity contribution in [3.63, 3.8) is 0 Å². The Bertz CT molecular complexity index is 1650. The third kappa shape index (κ3) is 6.26. The Labute approximate surface area is 228 Å². The number of nitrogens with one attached hydrogen (secondary N) is 1. The van der Waals surface area contributed by atoms with Crippen LogP contribution in [0, 0.1) is 0 Å². The van der Waals surface area contributed by atoms with Gasteiger partial charge in [-0.15, -0.1) is 0 Å². The lowest BCUT2D eigenvalue weighted by Crippen LogP contribution is -2.16. The van der Waals surface area contributed by atoms with Gasteiger partial charge in [-0.25, -0.2) is 4.79 Å². The molecule has 9 heteroatoms. The second-order valence-corrected chi connectivity index (χ2v) is 8.79. The summed E-state index contributed by atoms with van der Waals surface area (Å²) >= 11 is 6.39. The fraction of sp³-hybridized carbons (Fsp3) is 0.0333. The first-order valence-corrected chi connectivity index (χ1v) is 12.2. The molecule has 0 atom stereocenters. The number of para-hydroxylation sites is 1. The van der Waals surface area contributed by atoms with Crippen molar-refractivity contribution in [1.82, 2.24) is 4.98 Å². The molecule has 0 radical (unpaired) electrons. The smallest absolute Gasteiger partial charge is 0.417 e. The van der Waals surface area contributed by atoms with Gasteiger partial charge in [0.05, 0.1) is 21.8 Å². The summed E-state index contributed by atoms with van der Waals surface area (Å²) in [5, 5.41) is 3.40. The maximum atomic E-state index is 12.3. The van der Waals surface area contributed by atoms with E-state index in [4.69, 9.17) is 31.5 Å². The molecule has 0 saturated heterocycles. The van der Waals surface area contributed by atoms with E-state index in [0.717, 1.165) is 5.56 Å². The van der Waals surface area contributed by atoms with E-state index in [9.17, 15) is 9.59 Å². The molecule has 39 heavy (non-hydrogen) atoms. The molecule has 1 heterocycles. The fourth-order valence-electron chi connectivity index (χ4n) is 3.80. The first-order chi connectivity index (χ1) is 19.0. The fourth-order valence-corrected chi connectivity index (χ4v) is 4.02. The van der Waals surface area contributed by atoms with Crippen molar-refractivity contribution in [2.75, 3.05) is 5.32 Å². The maximum Gasteiger partial charge on any atom is 0.417 e. The second kappa shape index (κ2) is 11.5. The number of ether oxygens (including phenoxy) is 3. The first kappa shape index (κ1) is 25.6. The zero-order chi connectivity index (χ0) is 27.2. The summed E-state index contributed by atoms with van der Waals surface area (Å²) in [7, 11) is 0. The lowest BCUT2D eigenvalue weighted by atomic mass is 10.1. The van der Waals surface area contributed by atoms with Crippen molar-refractivity contribution >= 4 is 40.2 Å². The van der Waals surface area contributed by atoms with Crippen LogP contribution in [0.3, 0.4) is 0 Å². The molecule has 8 nitrogen and oxygen atoms in total. The molecule has 0 bridgehead atoms. The number of rotatable bonds is 8. The van der Waals surface area contributed by atoms with Crippen LogP contribution < -0.4 is 25.3 Å². The Balaban J connectivity index is 1.35. The molecule has 0 fully saturated rings. The number of pyridine rings is 1. The molecule has 0 spiro atoms. The van der Waals surface area contributed by atoms with Gasteiger partial charge in [0.15, 0.2) is 0 Å². The standard InChI is InChI=1S/C30H22ClN3O5/c31-24-15-21(11-12-25(24)34-30(36)39-20-9-5-2-6-10-20)38-27-13-14-33-26-17-28(23(29(32)35)16-22(26)27)37-18-19-7-3-1-4-8-19/h1-17H,18H2,(H2,32,35)(H,34,36). The van der Waals surface area contributed by atoms with Crippen LogP contribution in [0.1, 0.15) is 15.9 Å². The van der Waals surface area contributed by atoms with E-state index in [1.807, 2.05) is 36.4 Å². The van der Waals surface area contributed by atoms with E-state index in [0.29, 0.717) is 39.6 Å². The molecule has 5 aromatic rings. The zero-order valence-electron chi connectivity index (χ0n) is 20.5. The highest BCUT2D eigenvalue weighted by Gasteiger charge is 2.16. The first-order valence-electron chi connectivity index (χ1n) is 11.9. The summed E-state index contributed by atoms with van der Waals surface area (Å²) in [6.45, 7) is 0.264. The van der Waals surface area contributed by atoms with Gasteiger partial charge in [-0.3, -0.25) is 15.1 Å². The lowest BCUT2D eigenvalue weighted by molar-refractivity contribution is 0.0996. The molecule has 0 unspecified atom stereocenters. The number of carbonyl (C=O) groups is 2. The largest absolute Gasteiger partial charge is 0.488 e. The topological polar surface area (TPSA) is 113 Å². The van der Waals surface area contributed by atoms with Gasteiger partial charge in [-0.05, 0) is 42.0 Å². The average Bonchev–Trinajstić information content (AvgIpc) is 2.94. The molecular weight excluding hydrogens is 518 g/mol. The highest BCUT2D eigenvalue weighted by atomic mass is 35.5. The minimum atomic E-state index is -0.679. The number of aromatic nitrogens is 1. The Hall–Kier alpha value is -5.08. The number of nitrogens with zero attached hydrogens (tertiary/aromatic N) is 1. The lowest BCUT2D eigenvalue weighted by Gasteiger charge is -2.14. The molecule has 0 aliphatic rings. The maximum absolute atomic E-state index is 12.3. The molecule has 0 aliphatic heterocycles. The number of benzene rings is 4. The van der Waals surface area contributed by atoms with Crippen LogP contribution in [-0.4, -0.2) is 17.0 Å². The van der Waals surface area contributed by atoms with Gasteiger partial charge in [0.2, 0.25) is 0 Å². The van der Waals surface area contributed by atoms with E-state index in [1.165, 1.54) is 0 Å². The normalized spacial score (nSPS) is 10.6. The number of hydrogen-bond acceptors (Lipinski definition) is 6. The summed E-state index contributed by atoms with van der Waals surface area (Å²) in [6, 6.07) is 27.9. The minimum absolute atomic E-state index is 0.200. The van der Waals surface area contributed by atoms with Crippen LogP contribution in [0.4, 0.5) is 10.5 Å². The molecule has 3 N–H and O–H groups in total. The van der Waals surface area contributed by atoms with Gasteiger partial charge in [0, 0.05) is 23.7 Å². The van der Waals surface area contributed by atoms with Crippen molar-refractivity contribution in [2.24, 2.45) is 5.73 Å². The Morgan fingerprint density at radius 3 is 2.31 bits per heavy atom. The molecule has 0 aliphatic carbocycles. The number of primary amides is 1. The van der Waals surface area contributed by atoms with Gasteiger partial charge < -0.3 is 19.9 Å². The number of anilines is 1. The van der Waals surface area contributed by atoms with Gasteiger partial charge >= 0.3 is 6.09 Å². The number of carbonyl (C=O) groups excluding carboxylic acids is 2. The van der Waals surface area contributed by atoms with Crippen molar-refractivity contribution < 1.29 is 23.8 Å². The number of halogens is 1. The summed E-state index contributed by atoms with van der Waals surface area (Å²) < 4.78 is 17.2. The van der Waals surface area contributed by atoms with Crippen LogP contribution in [0.2, 0.25) is 5.02 Å². The van der Waals surface area contributed by atoms with Crippen molar-refractivity contribution in [2.45, 2.75) is 6.61 Å². The van der Waals surface area contributed by atoms with E-state index < -0.39 is 12.0 Å². The third-order valence-corrected chi connectivity index (χ3v) is 5.98. The second-order valence-electron chi connectivity index (χ2n) is 8.38. The monoisotopic (exact) mass is 539 g/mol. The third-order valence-electron chi connectivity index (χ3n) is 5.66. The molecule has 5 rings (SSSR count). The van der Waals surface area contributed by atoms with Gasteiger partial charge in [-0.1, -0.05) is 60.1 Å². The van der Waals surface area contributed by atoms with E-state index in [1.54, 1.807) is 66.9 Å². The van der Waals surface area contributed by atoms with Crippen LogP contribution in [0.25, 0.3) is 10.9 Å². The summed E-state index contributed by atoms with van der Waals surface area (Å²) in [5.74, 6) is 0.913. The van der Waals surface area contributed by atoms with Gasteiger partial charge in [0.1, 0.15) is 29.6 Å². The number of fused-ring (bicyclic) bond motifs is 1. The molecule has 0 saturated carbocycles. The van der Waals surface area contributed by atoms with E-state index in [-0.39, 0.29) is 17.2 Å². The van der Waals surface area contributed by atoms with Crippen LogP contribution in [0.15, 0.2) is 103 Å². The predicted molar refractivity (Wildman–Crippen MR) is 149 cm³/mol. The van der Waals surface area contributed by atoms with Gasteiger partial charge in [-0.2, -0.15) is 0 Å². The predicted octanol–water partition coefficient (Wildman–Crippen LogP) is 6.97. The average molecular weight is 540 g/mol. The van der Waals surface area contributed by atoms with Crippen molar-refractivity contribution in [3.8, 4) is 23.0 Å². The molecule has 1 aromatic heterocycles. The number of nitrogens with two attached hydrogens (primary N) is 1. The molecular formula is C30H22ClN3O5. The Morgan fingerprint density at radius 1 is 0.846 bits per heavy atom. The summed E-state index contributed by atoms with van der Waals surface area (Å²) in [4.78, 5) is 28.9. The summed E-state index contributed by atoms with van der Waals surface area (Å²) in [6.07, 6.45) is 0.904. The Kier molecular flexibility index (Phi) is 7.56. The van der Waals surface area contributed by atoms with Crippen LogP contribution >= 0.6 is 11.6 Å². The summed E-state index contributed by atoms with van der Waals surface area (Å²) in [5.41, 5.74) is 7.70. The highest BCUT2D eigenvalue weighted by Crippen LogP contribution is 2.35. The van der Waals surface area contributed by atoms with Crippen LogP contribution in [-0.2, 0) is 6.61 Å². The zero-order valence-corrected chi connectivity index (χ0v) is 21.2. The van der Waals surface area contributed by atoms with Crippen molar-refractivity contribution in [1.29, 1.82) is 0 Å². The SMILES string of the molecule is NC(=O)c1cc2c(Oc3ccc(NC(=O)Oc4ccccc4)c(Cl)c3)ccnc2cc1OCc1ccccc1. The molecule has 2 amide bonds. The number of hydrogen-bond donors (Lipinski definition) is 2. The highest BCUT2D eigenvalue weighted by molar-refractivity contribution is 6.33. The van der Waals surface area contributed by atoms with E-state index >= 15 is 0 Å². The molecule has 4 aromatic carbocycles. The van der Waals surface area contributed by atoms with Gasteiger partial charge in [0.25, 0.3) is 5.91 Å². The number of amides is 2. The van der Waals surface area contributed by atoms with Crippen molar-refractivity contribution in [3.05, 3.63) is 119 Å². The Morgan fingerprint density at radius 2 is 1.59 bits per heavy atom.